The third kappa shape index (κ3) is 4.72. The summed E-state index contributed by atoms with van der Waals surface area (Å²) in [4.78, 5) is 25.8. The van der Waals surface area contributed by atoms with Crippen molar-refractivity contribution in [2.24, 2.45) is 5.41 Å². The number of benzene rings is 1. The minimum Gasteiger partial charge on any atom is -0.494 e. The smallest absolute Gasteiger partial charge is 0.314 e. The van der Waals surface area contributed by atoms with E-state index in [0.717, 1.165) is 5.75 Å². The molecule has 1 aliphatic heterocycles. The van der Waals surface area contributed by atoms with Gasteiger partial charge in [0.05, 0.1) is 12.7 Å². The molecule has 2 rings (SSSR count). The predicted molar refractivity (Wildman–Crippen MR) is 93.4 cm³/mol. The number of aliphatic hydroxyl groups is 1. The first-order valence-corrected chi connectivity index (χ1v) is 8.86. The van der Waals surface area contributed by atoms with Crippen LogP contribution < -0.4 is 4.74 Å². The summed E-state index contributed by atoms with van der Waals surface area (Å²) in [5, 5.41) is 19.8. The van der Waals surface area contributed by atoms with Gasteiger partial charge >= 0.3 is 5.97 Å². The van der Waals surface area contributed by atoms with Gasteiger partial charge in [0.1, 0.15) is 11.2 Å². The Kier molecular flexibility index (Phi) is 6.82. The van der Waals surface area contributed by atoms with Gasteiger partial charge in [-0.3, -0.25) is 9.59 Å². The van der Waals surface area contributed by atoms with Crippen molar-refractivity contribution in [3.63, 3.8) is 0 Å². The number of ether oxygens (including phenoxy) is 1. The van der Waals surface area contributed by atoms with Gasteiger partial charge in [-0.05, 0) is 31.4 Å². The van der Waals surface area contributed by atoms with E-state index in [-0.39, 0.29) is 12.5 Å². The Morgan fingerprint density at radius 2 is 2.04 bits per heavy atom. The van der Waals surface area contributed by atoms with E-state index in [2.05, 4.69) is 0 Å². The highest BCUT2D eigenvalue weighted by molar-refractivity contribution is 5.80. The number of carboxylic acids is 1. The lowest BCUT2D eigenvalue weighted by atomic mass is 9.74. The van der Waals surface area contributed by atoms with E-state index in [0.29, 0.717) is 45.3 Å². The molecule has 2 N–H and O–H groups in total. The summed E-state index contributed by atoms with van der Waals surface area (Å²) in [6.07, 6.45) is 1.29. The van der Waals surface area contributed by atoms with Gasteiger partial charge in [-0.15, -0.1) is 0 Å². The van der Waals surface area contributed by atoms with Crippen LogP contribution in [-0.2, 0) is 9.59 Å². The van der Waals surface area contributed by atoms with E-state index >= 15 is 0 Å². The van der Waals surface area contributed by atoms with E-state index in [1.165, 1.54) is 0 Å². The second-order valence-electron chi connectivity index (χ2n) is 6.60. The number of piperidine rings is 1. The lowest BCUT2D eigenvalue weighted by Crippen LogP contribution is -2.57. The molecule has 1 amide bonds. The molecule has 1 aromatic carbocycles. The zero-order chi connectivity index (χ0) is 18.3. The maximum Gasteiger partial charge on any atom is 0.314 e. The van der Waals surface area contributed by atoms with Crippen LogP contribution in [0.25, 0.3) is 0 Å². The normalized spacial score (nSPS) is 23.3. The largest absolute Gasteiger partial charge is 0.494 e. The Balaban J connectivity index is 1.85. The number of nitrogens with zero attached hydrogens (tertiary/aromatic N) is 1. The zero-order valence-corrected chi connectivity index (χ0v) is 14.7. The van der Waals surface area contributed by atoms with E-state index in [9.17, 15) is 19.8 Å². The van der Waals surface area contributed by atoms with Crippen LogP contribution in [0.15, 0.2) is 30.3 Å². The van der Waals surface area contributed by atoms with Crippen LogP contribution in [0.1, 0.15) is 39.0 Å². The molecular weight excluding hydrogens is 322 g/mol. The highest BCUT2D eigenvalue weighted by Gasteiger charge is 2.49. The van der Waals surface area contributed by atoms with Crippen LogP contribution in [0.2, 0.25) is 0 Å². The number of carbonyl (C=O) groups is 2. The molecule has 0 bridgehead atoms. The first kappa shape index (κ1) is 19.2. The Hall–Kier alpha value is -2.08. The summed E-state index contributed by atoms with van der Waals surface area (Å²) in [7, 11) is 0. The summed E-state index contributed by atoms with van der Waals surface area (Å²) >= 11 is 0. The van der Waals surface area contributed by atoms with Gasteiger partial charge in [0.25, 0.3) is 0 Å². The molecule has 1 saturated heterocycles. The molecule has 1 heterocycles. The lowest BCUT2D eigenvalue weighted by molar-refractivity contribution is -0.167. The lowest BCUT2D eigenvalue weighted by Gasteiger charge is -2.43. The quantitative estimate of drug-likeness (QED) is 0.703. The fourth-order valence-electron chi connectivity index (χ4n) is 3.39. The Morgan fingerprint density at radius 3 is 2.68 bits per heavy atom. The third-order valence-electron chi connectivity index (χ3n) is 4.80. The number of aliphatic carboxylic acids is 1. The summed E-state index contributed by atoms with van der Waals surface area (Å²) in [5.41, 5.74) is -1.25. The number of hydrogen-bond donors (Lipinski definition) is 2. The van der Waals surface area contributed by atoms with Crippen molar-refractivity contribution in [3.05, 3.63) is 30.3 Å². The Labute approximate surface area is 148 Å². The van der Waals surface area contributed by atoms with Crippen molar-refractivity contribution >= 4 is 11.9 Å². The minimum absolute atomic E-state index is 0.0784. The van der Waals surface area contributed by atoms with Crippen molar-refractivity contribution < 1.29 is 24.5 Å². The average Bonchev–Trinajstić information content (AvgIpc) is 2.61. The molecule has 138 valence electrons. The maximum atomic E-state index is 12.4. The number of amides is 1. The molecule has 1 aliphatic rings. The Bertz CT molecular complexity index is 576. The molecule has 6 nitrogen and oxygen atoms in total. The number of aliphatic hydroxyl groups excluding tert-OH is 1. The standard InChI is InChI=1S/C19H27NO5/c1-2-11-19(18(23)24)14-20(12-10-16(19)21)17(22)9-6-13-25-15-7-4-3-5-8-15/h3-5,7-8,16,21H,2,6,9-14H2,1H3,(H,23,24)/t16-,19+/m0/s1. The number of para-hydroxylation sites is 1. The maximum absolute atomic E-state index is 12.4. The van der Waals surface area contributed by atoms with Crippen LogP contribution in [0.3, 0.4) is 0 Å². The van der Waals surface area contributed by atoms with E-state index < -0.39 is 17.5 Å². The highest BCUT2D eigenvalue weighted by Crippen LogP contribution is 2.35. The number of carbonyl (C=O) groups excluding carboxylic acids is 1. The SMILES string of the molecule is CCC[C@@]1(C(=O)O)CN(C(=O)CCCOc2ccccc2)CC[C@@H]1O. The van der Waals surface area contributed by atoms with Crippen molar-refractivity contribution in [3.8, 4) is 5.75 Å². The fourth-order valence-corrected chi connectivity index (χ4v) is 3.39. The van der Waals surface area contributed by atoms with Gasteiger partial charge < -0.3 is 19.8 Å². The summed E-state index contributed by atoms with van der Waals surface area (Å²) in [6.45, 7) is 2.80. The number of rotatable bonds is 8. The van der Waals surface area contributed by atoms with Gasteiger partial charge in [-0.1, -0.05) is 31.5 Å². The number of carboxylic acid groups (broad SMARTS) is 1. The van der Waals surface area contributed by atoms with Crippen molar-refractivity contribution in [2.75, 3.05) is 19.7 Å². The third-order valence-corrected chi connectivity index (χ3v) is 4.80. The van der Waals surface area contributed by atoms with Crippen molar-refractivity contribution in [1.29, 1.82) is 0 Å². The molecule has 1 fully saturated rings. The number of likely N-dealkylation sites (tertiary alicyclic amines) is 1. The van der Waals surface area contributed by atoms with Crippen LogP contribution in [0.5, 0.6) is 5.75 Å². The Morgan fingerprint density at radius 1 is 1.32 bits per heavy atom. The van der Waals surface area contributed by atoms with Crippen molar-refractivity contribution in [2.45, 2.75) is 45.1 Å². The van der Waals surface area contributed by atoms with Crippen LogP contribution in [0.4, 0.5) is 0 Å². The predicted octanol–water partition coefficient (Wildman–Crippen LogP) is 2.31. The molecule has 0 aliphatic carbocycles. The molecule has 0 spiro atoms. The molecule has 0 saturated carbocycles. The summed E-state index contributed by atoms with van der Waals surface area (Å²) < 4.78 is 5.57. The van der Waals surface area contributed by atoms with Gasteiger partial charge in [0.15, 0.2) is 0 Å². The molecule has 0 aromatic heterocycles. The molecule has 0 unspecified atom stereocenters. The average molecular weight is 349 g/mol. The van der Waals surface area contributed by atoms with Crippen LogP contribution in [-0.4, -0.2) is 52.8 Å². The zero-order valence-electron chi connectivity index (χ0n) is 14.7. The monoisotopic (exact) mass is 349 g/mol. The van der Waals surface area contributed by atoms with Crippen LogP contribution >= 0.6 is 0 Å². The molecule has 6 heteroatoms. The first-order valence-electron chi connectivity index (χ1n) is 8.86. The highest BCUT2D eigenvalue weighted by atomic mass is 16.5. The minimum atomic E-state index is -1.25. The van der Waals surface area contributed by atoms with Crippen LogP contribution in [0, 0.1) is 5.41 Å². The van der Waals surface area contributed by atoms with Gasteiger partial charge in [-0.2, -0.15) is 0 Å². The molecule has 1 aromatic rings. The summed E-state index contributed by atoms with van der Waals surface area (Å²) in [6, 6.07) is 9.41. The van der Waals surface area contributed by atoms with E-state index in [4.69, 9.17) is 4.74 Å². The topological polar surface area (TPSA) is 87.1 Å². The fraction of sp³-hybridized carbons (Fsp3) is 0.579. The molecule has 0 radical (unpaired) electrons. The molecular formula is C19H27NO5. The van der Waals surface area contributed by atoms with Gasteiger partial charge in [0, 0.05) is 19.5 Å². The second kappa shape index (κ2) is 8.85. The number of hydrogen-bond acceptors (Lipinski definition) is 4. The van der Waals surface area contributed by atoms with Gasteiger partial charge in [0.2, 0.25) is 5.91 Å². The molecule has 2 atom stereocenters. The molecule has 25 heavy (non-hydrogen) atoms. The van der Waals surface area contributed by atoms with E-state index in [1.807, 2.05) is 37.3 Å². The summed E-state index contributed by atoms with van der Waals surface area (Å²) in [5.74, 6) is -0.332. The van der Waals surface area contributed by atoms with Gasteiger partial charge in [-0.25, -0.2) is 0 Å². The van der Waals surface area contributed by atoms with E-state index in [1.54, 1.807) is 4.90 Å². The van der Waals surface area contributed by atoms with Crippen molar-refractivity contribution in [1.82, 2.24) is 4.90 Å². The first-order chi connectivity index (χ1) is 12.0. The second-order valence-corrected chi connectivity index (χ2v) is 6.60.